The van der Waals surface area contributed by atoms with E-state index in [1.807, 2.05) is 61.5 Å². The molecule has 0 saturated carbocycles. The minimum Gasteiger partial charge on any atom is -0.350 e. The Labute approximate surface area is 167 Å². The maximum absolute atomic E-state index is 13.0. The Morgan fingerprint density at radius 2 is 1.76 bits per heavy atom. The van der Waals surface area contributed by atoms with E-state index in [0.717, 1.165) is 16.8 Å². The highest BCUT2D eigenvalue weighted by atomic mass is 16.2. The van der Waals surface area contributed by atoms with Gasteiger partial charge in [0.15, 0.2) is 0 Å². The molecule has 7 heteroatoms. The molecule has 29 heavy (non-hydrogen) atoms. The van der Waals surface area contributed by atoms with Gasteiger partial charge in [0.25, 0.3) is 5.56 Å². The third kappa shape index (κ3) is 3.80. The van der Waals surface area contributed by atoms with Crippen LogP contribution in [0.1, 0.15) is 16.8 Å². The number of carbonyl (C=O) groups excluding carboxylic acids is 1. The van der Waals surface area contributed by atoms with Crippen molar-refractivity contribution in [2.45, 2.75) is 26.9 Å². The Hall–Kier alpha value is -3.74. The van der Waals surface area contributed by atoms with Gasteiger partial charge < -0.3 is 5.32 Å². The number of nitrogens with zero attached hydrogens (tertiary/aromatic N) is 4. The van der Waals surface area contributed by atoms with Gasteiger partial charge in [0.2, 0.25) is 5.91 Å². The van der Waals surface area contributed by atoms with Gasteiger partial charge in [0.1, 0.15) is 12.1 Å². The van der Waals surface area contributed by atoms with Crippen molar-refractivity contribution in [2.75, 3.05) is 0 Å². The van der Waals surface area contributed by atoms with E-state index in [1.54, 1.807) is 17.8 Å². The summed E-state index contributed by atoms with van der Waals surface area (Å²) in [6, 6.07) is 17.3. The number of benzene rings is 2. The molecular weight excluding hydrogens is 366 g/mol. The summed E-state index contributed by atoms with van der Waals surface area (Å²) in [6.07, 6.45) is 1.63. The molecule has 0 atom stereocenters. The minimum atomic E-state index is -0.350. The van der Waals surface area contributed by atoms with E-state index in [2.05, 4.69) is 15.5 Å². The van der Waals surface area contributed by atoms with Crippen LogP contribution in [0.4, 0.5) is 0 Å². The van der Waals surface area contributed by atoms with Gasteiger partial charge >= 0.3 is 0 Å². The van der Waals surface area contributed by atoms with Crippen LogP contribution >= 0.6 is 0 Å². The summed E-state index contributed by atoms with van der Waals surface area (Å²) in [5, 5.41) is 12.2. The third-order valence-corrected chi connectivity index (χ3v) is 4.77. The summed E-state index contributed by atoms with van der Waals surface area (Å²) in [5.74, 6) is -0.273. The fourth-order valence-corrected chi connectivity index (χ4v) is 3.19. The van der Waals surface area contributed by atoms with Crippen LogP contribution in [-0.2, 0) is 17.9 Å². The third-order valence-electron chi connectivity index (χ3n) is 4.77. The summed E-state index contributed by atoms with van der Waals surface area (Å²) in [4.78, 5) is 25.5. The van der Waals surface area contributed by atoms with E-state index < -0.39 is 0 Å². The molecule has 1 amide bonds. The Morgan fingerprint density at radius 3 is 2.48 bits per heavy atom. The molecule has 146 valence electrons. The first-order chi connectivity index (χ1) is 14.0. The Bertz CT molecular complexity index is 1220. The second-order valence-corrected chi connectivity index (χ2v) is 6.96. The van der Waals surface area contributed by atoms with Gasteiger partial charge in [-0.15, -0.1) is 0 Å². The molecule has 4 aromatic rings. The molecule has 0 saturated heterocycles. The van der Waals surface area contributed by atoms with Gasteiger partial charge in [-0.3, -0.25) is 9.59 Å². The molecule has 0 fully saturated rings. The molecule has 1 N–H and O–H groups in total. The number of nitrogens with one attached hydrogen (secondary N) is 1. The zero-order chi connectivity index (χ0) is 20.4. The van der Waals surface area contributed by atoms with Crippen LogP contribution in [0.25, 0.3) is 16.6 Å². The largest absolute Gasteiger partial charge is 0.350 e. The number of aromatic nitrogens is 4. The number of fused-ring (bicyclic) bond motifs is 1. The fraction of sp³-hybridized carbons (Fsp3) is 0.182. The maximum atomic E-state index is 13.0. The molecule has 0 aliphatic heterocycles. The average molecular weight is 387 g/mol. The lowest BCUT2D eigenvalue weighted by Gasteiger charge is -2.09. The summed E-state index contributed by atoms with van der Waals surface area (Å²) >= 11 is 0. The first-order valence-electron chi connectivity index (χ1n) is 9.36. The van der Waals surface area contributed by atoms with Crippen LogP contribution in [0.15, 0.2) is 65.6 Å². The highest BCUT2D eigenvalue weighted by Crippen LogP contribution is 2.16. The molecule has 4 rings (SSSR count). The van der Waals surface area contributed by atoms with Gasteiger partial charge in [0, 0.05) is 11.9 Å². The predicted octanol–water partition coefficient (Wildman–Crippen LogP) is 2.52. The topological polar surface area (TPSA) is 81.8 Å². The number of amides is 1. The molecule has 0 bridgehead atoms. The van der Waals surface area contributed by atoms with Crippen LogP contribution in [0.5, 0.6) is 0 Å². The molecule has 0 radical (unpaired) electrons. The highest BCUT2D eigenvalue weighted by Gasteiger charge is 2.16. The Kier molecular flexibility index (Phi) is 4.95. The van der Waals surface area contributed by atoms with Crippen LogP contribution in [-0.4, -0.2) is 25.5 Å². The smallest absolute Gasteiger partial charge is 0.293 e. The normalized spacial score (nSPS) is 11.0. The monoisotopic (exact) mass is 387 g/mol. The van der Waals surface area contributed by atoms with E-state index in [9.17, 15) is 9.59 Å². The van der Waals surface area contributed by atoms with Crippen LogP contribution in [0, 0.1) is 13.8 Å². The van der Waals surface area contributed by atoms with E-state index >= 15 is 0 Å². The van der Waals surface area contributed by atoms with Crippen molar-refractivity contribution < 1.29 is 4.79 Å². The molecule has 7 nitrogen and oxygen atoms in total. The van der Waals surface area contributed by atoms with Crippen LogP contribution in [0.3, 0.4) is 0 Å². The number of hydrogen-bond donors (Lipinski definition) is 1. The maximum Gasteiger partial charge on any atom is 0.293 e. The zero-order valence-corrected chi connectivity index (χ0v) is 16.3. The van der Waals surface area contributed by atoms with Crippen LogP contribution in [0.2, 0.25) is 0 Å². The molecule has 2 heterocycles. The lowest BCUT2D eigenvalue weighted by molar-refractivity contribution is -0.122. The SMILES string of the molecule is Cc1ccc(CNC(=O)Cn2nc(C)c3cnn(-c4ccccc4)c3c2=O)cc1. The molecule has 0 aliphatic rings. The van der Waals surface area contributed by atoms with Crippen molar-refractivity contribution in [3.8, 4) is 5.69 Å². The van der Waals surface area contributed by atoms with Crippen molar-refractivity contribution >= 4 is 16.8 Å². The second-order valence-electron chi connectivity index (χ2n) is 6.96. The fourth-order valence-electron chi connectivity index (χ4n) is 3.19. The molecule has 0 spiro atoms. The predicted molar refractivity (Wildman–Crippen MR) is 111 cm³/mol. The lowest BCUT2D eigenvalue weighted by atomic mass is 10.1. The average Bonchev–Trinajstić information content (AvgIpc) is 3.18. The zero-order valence-electron chi connectivity index (χ0n) is 16.3. The Morgan fingerprint density at radius 1 is 1.03 bits per heavy atom. The summed E-state index contributed by atoms with van der Waals surface area (Å²) in [7, 11) is 0. The van der Waals surface area contributed by atoms with Gasteiger partial charge in [-0.25, -0.2) is 9.36 Å². The van der Waals surface area contributed by atoms with Crippen molar-refractivity contribution in [3.63, 3.8) is 0 Å². The molecule has 0 aliphatic carbocycles. The number of aryl methyl sites for hydroxylation is 2. The van der Waals surface area contributed by atoms with Crippen LogP contribution < -0.4 is 10.9 Å². The Balaban J connectivity index is 1.60. The second kappa shape index (κ2) is 7.71. The molecule has 2 aromatic heterocycles. The first kappa shape index (κ1) is 18.6. The van der Waals surface area contributed by atoms with E-state index in [1.165, 1.54) is 4.68 Å². The van der Waals surface area contributed by atoms with E-state index in [-0.39, 0.29) is 18.0 Å². The number of hydrogen-bond acceptors (Lipinski definition) is 4. The molecule has 2 aromatic carbocycles. The van der Waals surface area contributed by atoms with Gasteiger partial charge in [-0.05, 0) is 31.5 Å². The van der Waals surface area contributed by atoms with Crippen molar-refractivity contribution in [3.05, 3.63) is 88.0 Å². The number of rotatable bonds is 5. The number of para-hydroxylation sites is 1. The van der Waals surface area contributed by atoms with Crippen molar-refractivity contribution in [2.24, 2.45) is 0 Å². The summed E-state index contributed by atoms with van der Waals surface area (Å²) in [6.45, 7) is 4.07. The standard InChI is InChI=1S/C22H21N5O2/c1-15-8-10-17(11-9-15)12-23-20(28)14-26-22(29)21-19(16(2)25-26)13-24-27(21)18-6-4-3-5-7-18/h3-11,13H,12,14H2,1-2H3,(H,23,28). The van der Waals surface area contributed by atoms with Gasteiger partial charge in [0.05, 0.1) is 17.6 Å². The quantitative estimate of drug-likeness (QED) is 0.570. The summed E-state index contributed by atoms with van der Waals surface area (Å²) < 4.78 is 2.79. The number of carbonyl (C=O) groups is 1. The summed E-state index contributed by atoms with van der Waals surface area (Å²) in [5.41, 5.74) is 3.65. The molecular formula is C22H21N5O2. The minimum absolute atomic E-state index is 0.151. The van der Waals surface area contributed by atoms with Gasteiger partial charge in [-0.1, -0.05) is 48.0 Å². The van der Waals surface area contributed by atoms with Crippen molar-refractivity contribution in [1.82, 2.24) is 24.9 Å². The first-order valence-corrected chi connectivity index (χ1v) is 9.36. The van der Waals surface area contributed by atoms with Crippen molar-refractivity contribution in [1.29, 1.82) is 0 Å². The lowest BCUT2D eigenvalue weighted by Crippen LogP contribution is -2.34. The van der Waals surface area contributed by atoms with E-state index in [4.69, 9.17) is 0 Å². The van der Waals surface area contributed by atoms with Gasteiger partial charge in [-0.2, -0.15) is 10.2 Å². The molecule has 0 unspecified atom stereocenters. The van der Waals surface area contributed by atoms with E-state index in [0.29, 0.717) is 23.1 Å². The highest BCUT2D eigenvalue weighted by molar-refractivity contribution is 5.82.